The molecule has 0 fully saturated rings. The largest absolute Gasteiger partial charge is 0.497 e. The minimum Gasteiger partial charge on any atom is -0.497 e. The summed E-state index contributed by atoms with van der Waals surface area (Å²) in [5.41, 5.74) is 5.91. The Hall–Kier alpha value is -4.76. The molecule has 0 atom stereocenters. The van der Waals surface area contributed by atoms with Gasteiger partial charge < -0.3 is 14.2 Å². The van der Waals surface area contributed by atoms with Crippen LogP contribution in [0, 0.1) is 0 Å². The Kier molecular flexibility index (Phi) is 5.29. The second kappa shape index (κ2) is 8.97. The van der Waals surface area contributed by atoms with Gasteiger partial charge in [-0.3, -0.25) is 0 Å². The van der Waals surface area contributed by atoms with E-state index in [9.17, 15) is 0 Å². The van der Waals surface area contributed by atoms with E-state index in [1.807, 2.05) is 18.2 Å². The van der Waals surface area contributed by atoms with E-state index in [4.69, 9.17) is 14.2 Å². The summed E-state index contributed by atoms with van der Waals surface area (Å²) < 4.78 is 17.9. The number of ether oxygens (including phenoxy) is 3. The molecule has 0 aliphatic carbocycles. The van der Waals surface area contributed by atoms with Crippen LogP contribution in [0.15, 0.2) is 115 Å². The monoisotopic (exact) mass is 494 g/mol. The summed E-state index contributed by atoms with van der Waals surface area (Å²) in [4.78, 5) is 0. The Bertz CT molecular complexity index is 1710. The van der Waals surface area contributed by atoms with Crippen LogP contribution in [-0.4, -0.2) is 14.2 Å². The van der Waals surface area contributed by atoms with E-state index in [1.165, 1.54) is 16.7 Å². The molecule has 0 N–H and O–H groups in total. The highest BCUT2D eigenvalue weighted by atomic mass is 16.5. The molecule has 7 rings (SSSR count). The first kappa shape index (κ1) is 22.4. The molecule has 6 aromatic carbocycles. The average Bonchev–Trinajstić information content (AvgIpc) is 2.99. The van der Waals surface area contributed by atoms with Crippen LogP contribution in [-0.2, 0) is 0 Å². The van der Waals surface area contributed by atoms with Gasteiger partial charge in [0.05, 0.1) is 14.2 Å². The van der Waals surface area contributed by atoms with Crippen LogP contribution in [0.2, 0.25) is 0 Å². The van der Waals surface area contributed by atoms with Crippen molar-refractivity contribution in [2.75, 3.05) is 14.2 Å². The number of fused-ring (bicyclic) bond motifs is 6. The van der Waals surface area contributed by atoms with Gasteiger partial charge in [0.15, 0.2) is 0 Å². The molecule has 0 aromatic heterocycles. The minimum absolute atomic E-state index is 0.0369. The maximum atomic E-state index is 6.60. The van der Waals surface area contributed by atoms with Crippen LogP contribution in [0.5, 0.6) is 23.0 Å². The summed E-state index contributed by atoms with van der Waals surface area (Å²) in [5.74, 6) is 3.37. The van der Waals surface area contributed by atoms with E-state index in [-0.39, 0.29) is 5.92 Å². The first-order chi connectivity index (χ1) is 18.7. The predicted octanol–water partition coefficient (Wildman–Crippen LogP) is 8.96. The molecule has 38 heavy (non-hydrogen) atoms. The zero-order valence-electron chi connectivity index (χ0n) is 21.3. The van der Waals surface area contributed by atoms with Crippen LogP contribution in [0.25, 0.3) is 32.7 Å². The highest BCUT2D eigenvalue weighted by Crippen LogP contribution is 2.52. The average molecular weight is 495 g/mol. The quantitative estimate of drug-likeness (QED) is 0.244. The molecule has 0 radical (unpaired) electrons. The van der Waals surface area contributed by atoms with Crippen molar-refractivity contribution >= 4 is 21.5 Å². The zero-order chi connectivity index (χ0) is 25.6. The van der Waals surface area contributed by atoms with E-state index < -0.39 is 0 Å². The molecule has 3 nitrogen and oxygen atoms in total. The molecule has 1 aliphatic rings. The van der Waals surface area contributed by atoms with Crippen LogP contribution in [0.1, 0.15) is 22.6 Å². The fourth-order valence-corrected chi connectivity index (χ4v) is 5.73. The maximum Gasteiger partial charge on any atom is 0.132 e. The van der Waals surface area contributed by atoms with E-state index in [0.29, 0.717) is 0 Å². The van der Waals surface area contributed by atoms with Crippen molar-refractivity contribution in [3.63, 3.8) is 0 Å². The lowest BCUT2D eigenvalue weighted by Crippen LogP contribution is -2.13. The molecule has 0 bridgehead atoms. The van der Waals surface area contributed by atoms with Gasteiger partial charge in [-0.05, 0) is 74.6 Å². The lowest BCUT2D eigenvalue weighted by atomic mass is 9.78. The SMILES string of the molecule is COc1ccc2ccc3c(c2c1)C(c1ccc(-c2ccccc2)cc1)c1c(ccc2ccc(OC)cc12)O3. The van der Waals surface area contributed by atoms with Crippen LogP contribution in [0.4, 0.5) is 0 Å². The maximum absolute atomic E-state index is 6.60. The van der Waals surface area contributed by atoms with E-state index in [1.54, 1.807) is 14.2 Å². The van der Waals surface area contributed by atoms with Crippen molar-refractivity contribution in [2.24, 2.45) is 0 Å². The third kappa shape index (κ3) is 3.59. The standard InChI is InChI=1S/C35H26O3/c1-36-27-16-12-24-14-18-31-34(29(24)20-27)33(26-10-8-23(9-11-26)22-6-4-3-5-7-22)35-30-21-28(37-2)17-13-25(30)15-19-32(35)38-31/h3-21,33H,1-2H3. The summed E-state index contributed by atoms with van der Waals surface area (Å²) >= 11 is 0. The molecule has 0 saturated heterocycles. The molecule has 0 unspecified atom stereocenters. The summed E-state index contributed by atoms with van der Waals surface area (Å²) in [6, 6.07) is 40.4. The van der Waals surface area contributed by atoms with Gasteiger partial charge in [0.2, 0.25) is 0 Å². The molecule has 0 spiro atoms. The second-order valence-electron chi connectivity index (χ2n) is 9.65. The van der Waals surface area contributed by atoms with Crippen molar-refractivity contribution in [2.45, 2.75) is 5.92 Å². The number of hydrogen-bond acceptors (Lipinski definition) is 3. The molecular formula is C35H26O3. The van der Waals surface area contributed by atoms with Gasteiger partial charge in [-0.1, -0.05) is 78.9 Å². The van der Waals surface area contributed by atoms with Crippen molar-refractivity contribution in [1.82, 2.24) is 0 Å². The molecule has 1 heterocycles. The summed E-state index contributed by atoms with van der Waals surface area (Å²) in [6.07, 6.45) is 0. The van der Waals surface area contributed by atoms with E-state index >= 15 is 0 Å². The third-order valence-corrected chi connectivity index (χ3v) is 7.61. The normalized spacial score (nSPS) is 12.6. The molecule has 6 aromatic rings. The van der Waals surface area contributed by atoms with E-state index in [2.05, 4.69) is 97.1 Å². The first-order valence-corrected chi connectivity index (χ1v) is 12.8. The van der Waals surface area contributed by atoms with Crippen molar-refractivity contribution in [3.8, 4) is 34.1 Å². The number of methoxy groups -OCH3 is 2. The smallest absolute Gasteiger partial charge is 0.132 e. The minimum atomic E-state index is -0.0369. The lowest BCUT2D eigenvalue weighted by Gasteiger charge is -2.31. The third-order valence-electron chi connectivity index (χ3n) is 7.61. The highest BCUT2D eigenvalue weighted by Gasteiger charge is 2.32. The van der Waals surface area contributed by atoms with E-state index in [0.717, 1.165) is 55.7 Å². The Balaban J connectivity index is 1.52. The first-order valence-electron chi connectivity index (χ1n) is 12.8. The predicted molar refractivity (Wildman–Crippen MR) is 154 cm³/mol. The summed E-state index contributed by atoms with van der Waals surface area (Å²) in [7, 11) is 3.42. The van der Waals surface area contributed by atoms with Gasteiger partial charge in [-0.2, -0.15) is 0 Å². The Labute approximate surface area is 221 Å². The van der Waals surface area contributed by atoms with Crippen LogP contribution in [0.3, 0.4) is 0 Å². The Morgan fingerprint density at radius 1 is 0.526 bits per heavy atom. The van der Waals surface area contributed by atoms with Gasteiger partial charge in [0.25, 0.3) is 0 Å². The molecule has 0 saturated carbocycles. The molecule has 1 aliphatic heterocycles. The topological polar surface area (TPSA) is 27.7 Å². The molecule has 0 amide bonds. The Morgan fingerprint density at radius 3 is 1.55 bits per heavy atom. The van der Waals surface area contributed by atoms with Crippen molar-refractivity contribution in [3.05, 3.63) is 132 Å². The van der Waals surface area contributed by atoms with Gasteiger partial charge >= 0.3 is 0 Å². The molecular weight excluding hydrogens is 468 g/mol. The highest BCUT2D eigenvalue weighted by molar-refractivity contribution is 5.96. The fraction of sp³-hybridized carbons (Fsp3) is 0.0857. The van der Waals surface area contributed by atoms with Crippen molar-refractivity contribution < 1.29 is 14.2 Å². The van der Waals surface area contributed by atoms with Crippen molar-refractivity contribution in [1.29, 1.82) is 0 Å². The van der Waals surface area contributed by atoms with Gasteiger partial charge in [-0.15, -0.1) is 0 Å². The second-order valence-corrected chi connectivity index (χ2v) is 9.65. The Morgan fingerprint density at radius 2 is 1.03 bits per heavy atom. The summed E-state index contributed by atoms with van der Waals surface area (Å²) in [5, 5.41) is 4.56. The molecule has 3 heteroatoms. The van der Waals surface area contributed by atoms with Crippen LogP contribution < -0.4 is 14.2 Å². The van der Waals surface area contributed by atoms with Gasteiger partial charge in [0, 0.05) is 17.0 Å². The van der Waals surface area contributed by atoms with Gasteiger partial charge in [0.1, 0.15) is 23.0 Å². The fourth-order valence-electron chi connectivity index (χ4n) is 5.73. The molecule has 184 valence electrons. The van der Waals surface area contributed by atoms with Crippen LogP contribution >= 0.6 is 0 Å². The zero-order valence-corrected chi connectivity index (χ0v) is 21.3. The number of rotatable bonds is 4. The van der Waals surface area contributed by atoms with Gasteiger partial charge in [-0.25, -0.2) is 0 Å². The number of hydrogen-bond donors (Lipinski definition) is 0. The summed E-state index contributed by atoms with van der Waals surface area (Å²) in [6.45, 7) is 0. The lowest BCUT2D eigenvalue weighted by molar-refractivity contribution is 0.415. The number of benzene rings is 6.